The number of fused-ring (bicyclic) bond motifs is 1. The van der Waals surface area contributed by atoms with Crippen molar-refractivity contribution in [3.8, 4) is 0 Å². The Labute approximate surface area is 127 Å². The third-order valence-electron chi connectivity index (χ3n) is 3.32. The van der Waals surface area contributed by atoms with Crippen LogP contribution >= 0.6 is 11.5 Å². The Morgan fingerprint density at radius 3 is 2.76 bits per heavy atom. The molecule has 0 spiro atoms. The molecule has 0 unspecified atom stereocenters. The van der Waals surface area contributed by atoms with Gasteiger partial charge in [-0.25, -0.2) is 0 Å². The van der Waals surface area contributed by atoms with Crippen molar-refractivity contribution in [3.05, 3.63) is 47.3 Å². The van der Waals surface area contributed by atoms with Crippen LogP contribution in [0.25, 0.3) is 10.9 Å². The summed E-state index contributed by atoms with van der Waals surface area (Å²) in [5.41, 5.74) is 4.17. The zero-order valence-corrected chi connectivity index (χ0v) is 12.9. The molecule has 0 aliphatic rings. The Bertz CT molecular complexity index is 839. The zero-order chi connectivity index (χ0) is 15.0. The van der Waals surface area contributed by atoms with E-state index < -0.39 is 0 Å². The molecular formula is C16H15N3OS. The van der Waals surface area contributed by atoms with E-state index in [0.29, 0.717) is 5.56 Å². The van der Waals surface area contributed by atoms with Crippen LogP contribution in [0.3, 0.4) is 0 Å². The molecule has 0 saturated carbocycles. The van der Waals surface area contributed by atoms with Gasteiger partial charge in [-0.15, -0.1) is 0 Å². The Kier molecular flexibility index (Phi) is 3.43. The number of aromatic nitrogens is 2. The molecule has 1 aromatic carbocycles. The third-order valence-corrected chi connectivity index (χ3v) is 4.18. The summed E-state index contributed by atoms with van der Waals surface area (Å²) in [6.45, 7) is 5.38. The summed E-state index contributed by atoms with van der Waals surface area (Å²) in [7, 11) is 0. The van der Waals surface area contributed by atoms with E-state index in [1.165, 1.54) is 11.5 Å². The second-order valence-electron chi connectivity index (χ2n) is 4.98. The molecular weight excluding hydrogens is 282 g/mol. The quantitative estimate of drug-likeness (QED) is 0.734. The normalized spacial score (nSPS) is 10.8. The van der Waals surface area contributed by atoms with Crippen LogP contribution in [-0.2, 0) is 0 Å². The van der Waals surface area contributed by atoms with E-state index in [-0.39, 0.29) is 5.78 Å². The highest BCUT2D eigenvalue weighted by atomic mass is 32.1. The second kappa shape index (κ2) is 5.26. The van der Waals surface area contributed by atoms with E-state index >= 15 is 0 Å². The summed E-state index contributed by atoms with van der Waals surface area (Å²) in [6, 6.07) is 10.0. The number of ketones is 1. The van der Waals surface area contributed by atoms with Gasteiger partial charge < -0.3 is 5.32 Å². The summed E-state index contributed by atoms with van der Waals surface area (Å²) in [5, 5.41) is 5.16. The molecule has 0 aliphatic carbocycles. The molecule has 106 valence electrons. The Hall–Kier alpha value is -2.27. The minimum Gasteiger partial charge on any atom is -0.344 e. The number of nitrogens with zero attached hydrogens (tertiary/aromatic N) is 2. The van der Waals surface area contributed by atoms with Gasteiger partial charge in [-0.05, 0) is 44.4 Å². The van der Waals surface area contributed by atoms with Crippen LogP contribution < -0.4 is 5.32 Å². The number of aryl methyl sites for hydroxylation is 2. The minimum absolute atomic E-state index is 0.0214. The fraction of sp³-hybridized carbons (Fsp3) is 0.188. The molecule has 0 fully saturated rings. The Balaban J connectivity index is 2.10. The van der Waals surface area contributed by atoms with Gasteiger partial charge in [-0.1, -0.05) is 18.2 Å². The van der Waals surface area contributed by atoms with Crippen molar-refractivity contribution < 1.29 is 4.79 Å². The molecule has 3 aromatic rings. The molecule has 2 aromatic heterocycles. The highest BCUT2D eigenvalue weighted by Gasteiger charge is 2.15. The van der Waals surface area contributed by atoms with Crippen LogP contribution in [-0.4, -0.2) is 15.1 Å². The molecule has 4 nitrogen and oxygen atoms in total. The maximum atomic E-state index is 11.8. The topological polar surface area (TPSA) is 54.9 Å². The van der Waals surface area contributed by atoms with Gasteiger partial charge in [0.05, 0.1) is 22.5 Å². The SMILES string of the molecule is CC(=O)c1c(C)nsc1Nc1cccc2ccc(C)nc12. The van der Waals surface area contributed by atoms with Crippen LogP contribution in [0.1, 0.15) is 28.7 Å². The van der Waals surface area contributed by atoms with Crippen LogP contribution in [0, 0.1) is 13.8 Å². The smallest absolute Gasteiger partial charge is 0.164 e. The van der Waals surface area contributed by atoms with E-state index in [9.17, 15) is 4.79 Å². The lowest BCUT2D eigenvalue weighted by Crippen LogP contribution is -1.99. The largest absolute Gasteiger partial charge is 0.344 e. The Morgan fingerprint density at radius 2 is 2.00 bits per heavy atom. The van der Waals surface area contributed by atoms with Gasteiger partial charge in [0.25, 0.3) is 0 Å². The molecule has 0 amide bonds. The van der Waals surface area contributed by atoms with E-state index in [1.54, 1.807) is 6.92 Å². The number of para-hydroxylation sites is 1. The summed E-state index contributed by atoms with van der Waals surface area (Å²) in [5.74, 6) is 0.0214. The predicted octanol–water partition coefficient (Wildman–Crippen LogP) is 4.25. The second-order valence-corrected chi connectivity index (χ2v) is 5.76. The number of benzene rings is 1. The first-order valence-corrected chi connectivity index (χ1v) is 7.44. The highest BCUT2D eigenvalue weighted by molar-refractivity contribution is 7.10. The van der Waals surface area contributed by atoms with Crippen molar-refractivity contribution in [2.75, 3.05) is 5.32 Å². The molecule has 0 aliphatic heterocycles. The fourth-order valence-electron chi connectivity index (χ4n) is 2.34. The van der Waals surface area contributed by atoms with Crippen LogP contribution in [0.2, 0.25) is 0 Å². The summed E-state index contributed by atoms with van der Waals surface area (Å²) >= 11 is 1.30. The predicted molar refractivity (Wildman–Crippen MR) is 86.6 cm³/mol. The molecule has 0 atom stereocenters. The molecule has 1 N–H and O–H groups in total. The van der Waals surface area contributed by atoms with Crippen LogP contribution in [0.15, 0.2) is 30.3 Å². The molecule has 0 bridgehead atoms. The van der Waals surface area contributed by atoms with Gasteiger partial charge in [0.15, 0.2) is 5.78 Å². The lowest BCUT2D eigenvalue weighted by Gasteiger charge is -2.09. The van der Waals surface area contributed by atoms with Gasteiger partial charge in [-0.2, -0.15) is 4.37 Å². The fourth-order valence-corrected chi connectivity index (χ4v) is 3.20. The van der Waals surface area contributed by atoms with Crippen molar-refractivity contribution in [1.29, 1.82) is 0 Å². The maximum absolute atomic E-state index is 11.8. The van der Waals surface area contributed by atoms with Crippen molar-refractivity contribution in [3.63, 3.8) is 0 Å². The van der Waals surface area contributed by atoms with Crippen LogP contribution in [0.5, 0.6) is 0 Å². The number of hydrogen-bond acceptors (Lipinski definition) is 5. The number of carbonyl (C=O) groups is 1. The monoisotopic (exact) mass is 297 g/mol. The lowest BCUT2D eigenvalue weighted by molar-refractivity contribution is 0.101. The Morgan fingerprint density at radius 1 is 1.19 bits per heavy atom. The number of nitrogens with one attached hydrogen (secondary N) is 1. The average molecular weight is 297 g/mol. The van der Waals surface area contributed by atoms with Crippen molar-refractivity contribution in [2.45, 2.75) is 20.8 Å². The molecule has 0 radical (unpaired) electrons. The van der Waals surface area contributed by atoms with Gasteiger partial charge in [0, 0.05) is 11.1 Å². The number of anilines is 2. The number of carbonyl (C=O) groups excluding carboxylic acids is 1. The van der Waals surface area contributed by atoms with Crippen LogP contribution in [0.4, 0.5) is 10.7 Å². The van der Waals surface area contributed by atoms with E-state index in [2.05, 4.69) is 14.7 Å². The van der Waals surface area contributed by atoms with E-state index in [4.69, 9.17) is 0 Å². The van der Waals surface area contributed by atoms with Crippen molar-refractivity contribution in [2.24, 2.45) is 0 Å². The lowest BCUT2D eigenvalue weighted by atomic mass is 10.1. The molecule has 21 heavy (non-hydrogen) atoms. The summed E-state index contributed by atoms with van der Waals surface area (Å²) < 4.78 is 4.27. The first-order chi connectivity index (χ1) is 10.1. The number of rotatable bonds is 3. The highest BCUT2D eigenvalue weighted by Crippen LogP contribution is 2.31. The van der Waals surface area contributed by atoms with E-state index in [0.717, 1.165) is 33.0 Å². The molecule has 5 heteroatoms. The maximum Gasteiger partial charge on any atom is 0.164 e. The molecule has 0 saturated heterocycles. The van der Waals surface area contributed by atoms with Crippen molar-refractivity contribution >= 4 is 38.9 Å². The van der Waals surface area contributed by atoms with Gasteiger partial charge in [0.1, 0.15) is 5.00 Å². The summed E-state index contributed by atoms with van der Waals surface area (Å²) in [6.07, 6.45) is 0. The number of hydrogen-bond donors (Lipinski definition) is 1. The molecule has 3 rings (SSSR count). The average Bonchev–Trinajstić information content (AvgIpc) is 2.80. The first kappa shape index (κ1) is 13.7. The molecule has 2 heterocycles. The summed E-state index contributed by atoms with van der Waals surface area (Å²) in [4.78, 5) is 16.4. The van der Waals surface area contributed by atoms with Gasteiger partial charge in [0.2, 0.25) is 0 Å². The first-order valence-electron chi connectivity index (χ1n) is 6.67. The minimum atomic E-state index is 0.0214. The number of pyridine rings is 1. The zero-order valence-electron chi connectivity index (χ0n) is 12.1. The standard InChI is InChI=1S/C16H15N3OS/c1-9-7-8-12-5-4-6-13(15(12)17-9)18-16-14(11(3)20)10(2)19-21-16/h4-8,18H,1-3H3. The third kappa shape index (κ3) is 2.52. The van der Waals surface area contributed by atoms with E-state index in [1.807, 2.05) is 44.2 Å². The number of Topliss-reactive ketones (excluding diaryl/α,β-unsaturated/α-hetero) is 1. The van der Waals surface area contributed by atoms with Gasteiger partial charge in [-0.3, -0.25) is 9.78 Å². The van der Waals surface area contributed by atoms with Crippen molar-refractivity contribution in [1.82, 2.24) is 9.36 Å². The van der Waals surface area contributed by atoms with Gasteiger partial charge >= 0.3 is 0 Å².